The van der Waals surface area contributed by atoms with Crippen LogP contribution in [0.3, 0.4) is 0 Å². The van der Waals surface area contributed by atoms with Crippen LogP contribution in [-0.4, -0.2) is 11.5 Å². The smallest absolute Gasteiger partial charge is 0.106 e. The van der Waals surface area contributed by atoms with Crippen LogP contribution in [0.5, 0.6) is 0 Å². The van der Waals surface area contributed by atoms with Crippen LogP contribution in [0.4, 0.5) is 5.69 Å². The fraction of sp³-hybridized carbons (Fsp3) is 0.154. The molecule has 19 heavy (non-hydrogen) atoms. The van der Waals surface area contributed by atoms with Gasteiger partial charge in [0.1, 0.15) is 4.99 Å². The summed E-state index contributed by atoms with van der Waals surface area (Å²) in [4.78, 5) is 1.59. The van der Waals surface area contributed by atoms with Crippen LogP contribution in [-0.2, 0) is 6.42 Å². The van der Waals surface area contributed by atoms with Gasteiger partial charge in [0, 0.05) is 27.7 Å². The van der Waals surface area contributed by atoms with Crippen LogP contribution in [0, 0.1) is 0 Å². The van der Waals surface area contributed by atoms with Crippen molar-refractivity contribution in [2.75, 3.05) is 11.9 Å². The highest BCUT2D eigenvalue weighted by Gasteiger charge is 2.06. The van der Waals surface area contributed by atoms with E-state index < -0.39 is 0 Å². The highest BCUT2D eigenvalue weighted by atomic mass is 35.5. The molecule has 0 unspecified atom stereocenters. The maximum atomic E-state index is 5.98. The summed E-state index contributed by atoms with van der Waals surface area (Å²) in [7, 11) is 0. The molecule has 0 bridgehead atoms. The first-order chi connectivity index (χ1) is 9.06. The van der Waals surface area contributed by atoms with E-state index in [0.29, 0.717) is 10.0 Å². The maximum absolute atomic E-state index is 5.98. The number of thiophene rings is 1. The molecule has 2 aromatic rings. The van der Waals surface area contributed by atoms with Gasteiger partial charge in [0.15, 0.2) is 0 Å². The Morgan fingerprint density at radius 1 is 1.26 bits per heavy atom. The van der Waals surface area contributed by atoms with Gasteiger partial charge in [-0.1, -0.05) is 35.4 Å². The molecule has 0 fully saturated rings. The molecule has 0 saturated heterocycles. The molecular formula is C13H12Cl2N2S2. The van der Waals surface area contributed by atoms with Gasteiger partial charge in [0.25, 0.3) is 0 Å². The van der Waals surface area contributed by atoms with E-state index in [1.165, 1.54) is 4.88 Å². The monoisotopic (exact) mass is 330 g/mol. The molecule has 1 aromatic heterocycles. The molecule has 0 spiro atoms. The second-order valence-electron chi connectivity index (χ2n) is 3.94. The van der Waals surface area contributed by atoms with Crippen molar-refractivity contribution in [1.82, 2.24) is 0 Å². The van der Waals surface area contributed by atoms with Crippen LogP contribution >= 0.6 is 46.8 Å². The van der Waals surface area contributed by atoms with Crippen molar-refractivity contribution in [3.63, 3.8) is 0 Å². The standard InChI is InChI=1S/C13H12Cl2N2S2/c14-8-1-3-10(13(16)18)11(7-8)17-6-5-9-2-4-12(15)19-9/h1-4,7,17H,5-6H2,(H2,16,18). The average molecular weight is 331 g/mol. The Morgan fingerprint density at radius 2 is 2.05 bits per heavy atom. The number of benzene rings is 1. The van der Waals surface area contributed by atoms with Crippen LogP contribution in [0.1, 0.15) is 10.4 Å². The zero-order valence-corrected chi connectivity index (χ0v) is 13.1. The Labute approximate surface area is 131 Å². The molecule has 0 atom stereocenters. The second-order valence-corrected chi connectivity index (χ2v) is 6.61. The van der Waals surface area contributed by atoms with Gasteiger partial charge in [-0.2, -0.15) is 0 Å². The minimum atomic E-state index is 0.360. The Hall–Kier alpha value is -0.810. The van der Waals surface area contributed by atoms with Crippen LogP contribution in [0.15, 0.2) is 30.3 Å². The molecule has 1 heterocycles. The summed E-state index contributed by atoms with van der Waals surface area (Å²) >= 11 is 18.5. The van der Waals surface area contributed by atoms with Crippen molar-refractivity contribution in [3.05, 3.63) is 50.1 Å². The molecule has 2 rings (SSSR count). The van der Waals surface area contributed by atoms with Crippen molar-refractivity contribution in [2.24, 2.45) is 5.73 Å². The van der Waals surface area contributed by atoms with E-state index in [2.05, 4.69) is 5.32 Å². The van der Waals surface area contributed by atoms with Crippen LogP contribution < -0.4 is 11.1 Å². The zero-order valence-electron chi connectivity index (χ0n) is 9.95. The number of hydrogen-bond acceptors (Lipinski definition) is 3. The van der Waals surface area contributed by atoms with Gasteiger partial charge in [0.05, 0.1) is 4.34 Å². The third-order valence-electron chi connectivity index (χ3n) is 2.56. The van der Waals surface area contributed by atoms with Crippen molar-refractivity contribution in [1.29, 1.82) is 0 Å². The molecule has 0 aliphatic heterocycles. The lowest BCUT2D eigenvalue weighted by molar-refractivity contribution is 1.04. The SMILES string of the molecule is NC(=S)c1ccc(Cl)cc1NCCc1ccc(Cl)s1. The van der Waals surface area contributed by atoms with Gasteiger partial charge >= 0.3 is 0 Å². The summed E-state index contributed by atoms with van der Waals surface area (Å²) in [5.74, 6) is 0. The lowest BCUT2D eigenvalue weighted by Crippen LogP contribution is -2.14. The lowest BCUT2D eigenvalue weighted by Gasteiger charge is -2.11. The molecule has 3 N–H and O–H groups in total. The summed E-state index contributed by atoms with van der Waals surface area (Å²) in [6.45, 7) is 0.771. The normalized spacial score (nSPS) is 10.4. The van der Waals surface area contributed by atoms with E-state index in [1.54, 1.807) is 17.4 Å². The molecule has 6 heteroatoms. The van der Waals surface area contributed by atoms with E-state index in [4.69, 9.17) is 41.2 Å². The molecule has 100 valence electrons. The molecule has 0 aliphatic rings. The molecular weight excluding hydrogens is 319 g/mol. The molecule has 1 aromatic carbocycles. The predicted octanol–water partition coefficient (Wildman–Crippen LogP) is 4.34. The van der Waals surface area contributed by atoms with Crippen molar-refractivity contribution < 1.29 is 0 Å². The van der Waals surface area contributed by atoms with Gasteiger partial charge in [-0.15, -0.1) is 11.3 Å². The Morgan fingerprint density at radius 3 is 2.68 bits per heavy atom. The number of halogens is 2. The van der Waals surface area contributed by atoms with E-state index in [-0.39, 0.29) is 0 Å². The fourth-order valence-corrected chi connectivity index (χ4v) is 3.12. The minimum Gasteiger partial charge on any atom is -0.389 e. The Bertz CT molecular complexity index is 596. The maximum Gasteiger partial charge on any atom is 0.106 e. The highest BCUT2D eigenvalue weighted by molar-refractivity contribution is 7.80. The van der Waals surface area contributed by atoms with E-state index in [0.717, 1.165) is 28.6 Å². The second kappa shape index (κ2) is 6.57. The molecule has 0 saturated carbocycles. The third-order valence-corrected chi connectivity index (χ3v) is 4.31. The lowest BCUT2D eigenvalue weighted by atomic mass is 10.1. The fourth-order valence-electron chi connectivity index (χ4n) is 1.68. The summed E-state index contributed by atoms with van der Waals surface area (Å²) in [6, 6.07) is 9.37. The molecule has 2 nitrogen and oxygen atoms in total. The number of rotatable bonds is 5. The van der Waals surface area contributed by atoms with Crippen LogP contribution in [0.25, 0.3) is 0 Å². The van der Waals surface area contributed by atoms with Gasteiger partial charge in [-0.05, 0) is 36.8 Å². The third kappa shape index (κ3) is 4.08. The van der Waals surface area contributed by atoms with E-state index >= 15 is 0 Å². The first kappa shape index (κ1) is 14.6. The molecule has 0 aliphatic carbocycles. The highest BCUT2D eigenvalue weighted by Crippen LogP contribution is 2.23. The van der Waals surface area contributed by atoms with Crippen molar-refractivity contribution in [3.8, 4) is 0 Å². The van der Waals surface area contributed by atoms with Gasteiger partial charge < -0.3 is 11.1 Å². The summed E-state index contributed by atoms with van der Waals surface area (Å²) < 4.78 is 0.807. The topological polar surface area (TPSA) is 38.0 Å². The quantitative estimate of drug-likeness (QED) is 0.800. The summed E-state index contributed by atoms with van der Waals surface area (Å²) in [5.41, 5.74) is 7.36. The van der Waals surface area contributed by atoms with Crippen LogP contribution in [0.2, 0.25) is 9.36 Å². The van der Waals surface area contributed by atoms with Crippen molar-refractivity contribution in [2.45, 2.75) is 6.42 Å². The average Bonchev–Trinajstić information content (AvgIpc) is 2.75. The van der Waals surface area contributed by atoms with Crippen molar-refractivity contribution >= 4 is 57.4 Å². The minimum absolute atomic E-state index is 0.360. The number of thiocarbonyl (C=S) groups is 1. The summed E-state index contributed by atoms with van der Waals surface area (Å²) in [5, 5.41) is 3.96. The molecule has 0 radical (unpaired) electrons. The molecule has 0 amide bonds. The summed E-state index contributed by atoms with van der Waals surface area (Å²) in [6.07, 6.45) is 0.890. The van der Waals surface area contributed by atoms with Gasteiger partial charge in [-0.3, -0.25) is 0 Å². The van der Waals surface area contributed by atoms with E-state index in [1.807, 2.05) is 24.3 Å². The Kier molecular flexibility index (Phi) is 5.05. The largest absolute Gasteiger partial charge is 0.389 e. The first-order valence-corrected chi connectivity index (χ1v) is 7.62. The number of hydrogen-bond donors (Lipinski definition) is 2. The number of anilines is 1. The predicted molar refractivity (Wildman–Crippen MR) is 88.9 cm³/mol. The van der Waals surface area contributed by atoms with Gasteiger partial charge in [-0.25, -0.2) is 0 Å². The number of nitrogens with two attached hydrogens (primary N) is 1. The first-order valence-electron chi connectivity index (χ1n) is 5.63. The zero-order chi connectivity index (χ0) is 13.8. The number of nitrogens with one attached hydrogen (secondary N) is 1. The van der Waals surface area contributed by atoms with E-state index in [9.17, 15) is 0 Å². The Balaban J connectivity index is 2.02. The van der Waals surface area contributed by atoms with Gasteiger partial charge in [0.2, 0.25) is 0 Å².